The van der Waals surface area contributed by atoms with Gasteiger partial charge >= 0.3 is 0 Å². The Morgan fingerprint density at radius 3 is 2.21 bits per heavy atom. The van der Waals surface area contributed by atoms with Gasteiger partial charge in [-0.3, -0.25) is 4.79 Å². The average Bonchev–Trinajstić information content (AvgIpc) is 2.55. The van der Waals surface area contributed by atoms with Crippen LogP contribution in [0, 0.1) is 12.7 Å². The number of halogens is 1. The average molecular weight is 345 g/mol. The molecule has 0 aromatic heterocycles. The minimum atomic E-state index is -3.86. The number of carbonyl (C=O) groups excluding carboxylic acids is 1. The van der Waals surface area contributed by atoms with Crippen molar-refractivity contribution in [2.45, 2.75) is 18.2 Å². The normalized spacial score (nSPS) is 15.3. The van der Waals surface area contributed by atoms with Crippen LogP contribution in [0.25, 0.3) is 5.57 Å². The highest BCUT2D eigenvalue weighted by Gasteiger charge is 2.31. The van der Waals surface area contributed by atoms with Gasteiger partial charge in [0, 0.05) is 12.6 Å². The zero-order chi connectivity index (χ0) is 17.3. The zero-order valence-corrected chi connectivity index (χ0v) is 13.9. The fourth-order valence-corrected chi connectivity index (χ4v) is 3.95. The van der Waals surface area contributed by atoms with Crippen molar-refractivity contribution in [2.75, 3.05) is 6.54 Å². The first-order valence-electron chi connectivity index (χ1n) is 7.48. The van der Waals surface area contributed by atoms with Crippen LogP contribution in [0.4, 0.5) is 4.39 Å². The molecular weight excluding hydrogens is 329 g/mol. The van der Waals surface area contributed by atoms with Crippen molar-refractivity contribution >= 4 is 21.5 Å². The number of sulfonamides is 1. The molecule has 0 aliphatic carbocycles. The van der Waals surface area contributed by atoms with Crippen molar-refractivity contribution < 1.29 is 17.6 Å². The summed E-state index contributed by atoms with van der Waals surface area (Å²) in [5.41, 5.74) is 2.37. The summed E-state index contributed by atoms with van der Waals surface area (Å²) >= 11 is 0. The van der Waals surface area contributed by atoms with Gasteiger partial charge in [-0.25, -0.2) is 17.1 Å². The summed E-state index contributed by atoms with van der Waals surface area (Å²) in [6.07, 6.45) is 1.70. The second-order valence-electron chi connectivity index (χ2n) is 5.65. The molecule has 24 heavy (non-hydrogen) atoms. The summed E-state index contributed by atoms with van der Waals surface area (Å²) in [7, 11) is -3.86. The van der Waals surface area contributed by atoms with Crippen molar-refractivity contribution in [1.29, 1.82) is 0 Å². The van der Waals surface area contributed by atoms with Crippen molar-refractivity contribution in [3.63, 3.8) is 0 Å². The van der Waals surface area contributed by atoms with E-state index in [1.807, 2.05) is 6.92 Å². The van der Waals surface area contributed by atoms with Crippen molar-refractivity contribution in [3.05, 3.63) is 71.6 Å². The van der Waals surface area contributed by atoms with Crippen LogP contribution >= 0.6 is 0 Å². The molecule has 1 amide bonds. The first-order chi connectivity index (χ1) is 11.4. The van der Waals surface area contributed by atoms with E-state index in [0.717, 1.165) is 15.4 Å². The van der Waals surface area contributed by atoms with Crippen LogP contribution in [0.3, 0.4) is 0 Å². The van der Waals surface area contributed by atoms with Gasteiger partial charge in [-0.2, -0.15) is 0 Å². The third kappa shape index (κ3) is 3.10. The van der Waals surface area contributed by atoms with Gasteiger partial charge in [0.25, 0.3) is 15.9 Å². The fourth-order valence-electron chi connectivity index (χ4n) is 2.59. The topological polar surface area (TPSA) is 54.5 Å². The van der Waals surface area contributed by atoms with E-state index < -0.39 is 15.9 Å². The highest BCUT2D eigenvalue weighted by molar-refractivity contribution is 7.89. The third-order valence-corrected chi connectivity index (χ3v) is 5.76. The zero-order valence-electron chi connectivity index (χ0n) is 13.1. The van der Waals surface area contributed by atoms with Crippen molar-refractivity contribution in [3.8, 4) is 0 Å². The van der Waals surface area contributed by atoms with Gasteiger partial charge in [-0.05, 0) is 48.7 Å². The quantitative estimate of drug-likeness (QED) is 0.859. The van der Waals surface area contributed by atoms with E-state index in [2.05, 4.69) is 0 Å². The standard InChI is InChI=1S/C18H16FNO3S/c1-13-2-8-17(9-3-13)24(22,23)20-11-10-15(12-18(20)21)14-4-6-16(19)7-5-14/h2-9,12H,10-11H2,1H3. The van der Waals surface area contributed by atoms with Gasteiger partial charge in [-0.15, -0.1) is 0 Å². The molecule has 6 heteroatoms. The molecule has 4 nitrogen and oxygen atoms in total. The van der Waals surface area contributed by atoms with Gasteiger partial charge in [0.15, 0.2) is 0 Å². The molecule has 1 heterocycles. The van der Waals surface area contributed by atoms with Crippen LogP contribution in [-0.4, -0.2) is 25.2 Å². The van der Waals surface area contributed by atoms with Crippen LogP contribution in [0.15, 0.2) is 59.5 Å². The monoisotopic (exact) mass is 345 g/mol. The summed E-state index contributed by atoms with van der Waals surface area (Å²) in [5.74, 6) is -0.939. The molecule has 0 fully saturated rings. The number of benzene rings is 2. The van der Waals surface area contributed by atoms with E-state index in [-0.39, 0.29) is 17.3 Å². The SMILES string of the molecule is Cc1ccc(S(=O)(=O)N2CCC(c3ccc(F)cc3)=CC2=O)cc1. The predicted molar refractivity (Wildman–Crippen MR) is 89.1 cm³/mol. The number of hydrogen-bond acceptors (Lipinski definition) is 3. The van der Waals surface area contributed by atoms with Crippen LogP contribution < -0.4 is 0 Å². The van der Waals surface area contributed by atoms with Gasteiger partial charge in [0.1, 0.15) is 5.82 Å². The van der Waals surface area contributed by atoms with Crippen LogP contribution in [0.2, 0.25) is 0 Å². The summed E-state index contributed by atoms with van der Waals surface area (Å²) < 4.78 is 39.1. The highest BCUT2D eigenvalue weighted by Crippen LogP contribution is 2.27. The largest absolute Gasteiger partial charge is 0.269 e. The molecule has 0 saturated heterocycles. The van der Waals surface area contributed by atoms with Crippen LogP contribution in [0.5, 0.6) is 0 Å². The van der Waals surface area contributed by atoms with E-state index in [1.54, 1.807) is 24.3 Å². The van der Waals surface area contributed by atoms with E-state index in [0.29, 0.717) is 12.0 Å². The fraction of sp³-hybridized carbons (Fsp3) is 0.167. The minimum Gasteiger partial charge on any atom is -0.269 e. The summed E-state index contributed by atoms with van der Waals surface area (Å²) in [4.78, 5) is 12.4. The number of rotatable bonds is 3. The Hall–Kier alpha value is -2.47. The maximum Gasteiger partial charge on any atom is 0.266 e. The molecule has 0 unspecified atom stereocenters. The molecular formula is C18H16FNO3S. The smallest absolute Gasteiger partial charge is 0.266 e. The number of aryl methyl sites for hydroxylation is 1. The highest BCUT2D eigenvalue weighted by atomic mass is 32.2. The first-order valence-corrected chi connectivity index (χ1v) is 8.92. The van der Waals surface area contributed by atoms with Gasteiger partial charge < -0.3 is 0 Å². The molecule has 124 valence electrons. The van der Waals surface area contributed by atoms with Crippen LogP contribution in [-0.2, 0) is 14.8 Å². The summed E-state index contributed by atoms with van der Waals surface area (Å²) in [5, 5.41) is 0. The minimum absolute atomic E-state index is 0.0677. The van der Waals surface area contributed by atoms with Gasteiger partial charge in [0.05, 0.1) is 4.90 Å². The van der Waals surface area contributed by atoms with E-state index in [1.165, 1.54) is 30.3 Å². The van der Waals surface area contributed by atoms with Gasteiger partial charge in [0.2, 0.25) is 0 Å². The van der Waals surface area contributed by atoms with E-state index in [9.17, 15) is 17.6 Å². The molecule has 0 spiro atoms. The predicted octanol–water partition coefficient (Wildman–Crippen LogP) is 3.14. The third-order valence-electron chi connectivity index (χ3n) is 3.95. The molecule has 2 aromatic carbocycles. The molecule has 0 radical (unpaired) electrons. The molecule has 0 N–H and O–H groups in total. The summed E-state index contributed by atoms with van der Waals surface area (Å²) in [6, 6.07) is 12.2. The summed E-state index contributed by atoms with van der Waals surface area (Å²) in [6.45, 7) is 1.93. The maximum absolute atomic E-state index is 13.0. The lowest BCUT2D eigenvalue weighted by atomic mass is 10.0. The maximum atomic E-state index is 13.0. The Kier molecular flexibility index (Phi) is 4.24. The second-order valence-corrected chi connectivity index (χ2v) is 7.52. The molecule has 1 aliphatic rings. The Morgan fingerprint density at radius 1 is 1.00 bits per heavy atom. The van der Waals surface area contributed by atoms with E-state index >= 15 is 0 Å². The lowest BCUT2D eigenvalue weighted by molar-refractivity contribution is -0.121. The number of carbonyl (C=O) groups is 1. The second kappa shape index (κ2) is 6.20. The van der Waals surface area contributed by atoms with E-state index in [4.69, 9.17) is 0 Å². The number of hydrogen-bond donors (Lipinski definition) is 0. The molecule has 0 bridgehead atoms. The lowest BCUT2D eigenvalue weighted by Gasteiger charge is -2.26. The molecule has 3 rings (SSSR count). The number of amides is 1. The Bertz CT molecular complexity index is 900. The molecule has 0 atom stereocenters. The Balaban J connectivity index is 1.89. The Labute approximate surface area is 140 Å². The molecule has 1 aliphatic heterocycles. The van der Waals surface area contributed by atoms with Crippen molar-refractivity contribution in [2.24, 2.45) is 0 Å². The van der Waals surface area contributed by atoms with Gasteiger partial charge in [-0.1, -0.05) is 29.8 Å². The Morgan fingerprint density at radius 2 is 1.62 bits per heavy atom. The van der Waals surface area contributed by atoms with Crippen molar-refractivity contribution in [1.82, 2.24) is 4.31 Å². The molecule has 0 saturated carbocycles. The number of nitrogens with zero attached hydrogens (tertiary/aromatic N) is 1. The first kappa shape index (κ1) is 16.4. The molecule has 2 aromatic rings. The van der Waals surface area contributed by atoms with Crippen LogP contribution in [0.1, 0.15) is 17.5 Å². The lowest BCUT2D eigenvalue weighted by Crippen LogP contribution is -2.39.